The molecule has 4 nitrogen and oxygen atoms in total. The van der Waals surface area contributed by atoms with Gasteiger partial charge in [-0.05, 0) is 37.8 Å². The normalized spacial score (nSPS) is 20.4. The van der Waals surface area contributed by atoms with Gasteiger partial charge in [0.2, 0.25) is 0 Å². The molecule has 1 saturated heterocycles. The Morgan fingerprint density at radius 1 is 1.04 bits per heavy atom. The summed E-state index contributed by atoms with van der Waals surface area (Å²) in [4.78, 5) is 14.6. The van der Waals surface area contributed by atoms with Crippen molar-refractivity contribution in [3.8, 4) is 0 Å². The summed E-state index contributed by atoms with van der Waals surface area (Å²) in [6.07, 6.45) is -0.337. The molecule has 2 aromatic carbocycles. The zero-order valence-corrected chi connectivity index (χ0v) is 16.5. The van der Waals surface area contributed by atoms with Gasteiger partial charge in [-0.25, -0.2) is 4.79 Å². The quantitative estimate of drug-likeness (QED) is 0.851. The van der Waals surface area contributed by atoms with Gasteiger partial charge in [-0.1, -0.05) is 60.7 Å². The van der Waals surface area contributed by atoms with Crippen molar-refractivity contribution in [1.29, 1.82) is 0 Å². The van der Waals surface area contributed by atoms with Gasteiger partial charge < -0.3 is 10.1 Å². The van der Waals surface area contributed by atoms with Crippen molar-refractivity contribution in [2.75, 3.05) is 19.6 Å². The fraction of sp³-hybridized carbons (Fsp3) is 0.435. The number of alkyl carbamates (subject to hydrolysis) is 1. The monoisotopic (exact) mass is 366 g/mol. The molecule has 3 rings (SSSR count). The summed E-state index contributed by atoms with van der Waals surface area (Å²) in [6, 6.07) is 21.2. The lowest BCUT2D eigenvalue weighted by Crippen LogP contribution is -2.36. The highest BCUT2D eigenvalue weighted by Gasteiger charge is 2.34. The Labute approximate surface area is 162 Å². The van der Waals surface area contributed by atoms with Gasteiger partial charge >= 0.3 is 6.09 Å². The number of carbonyl (C=O) groups is 1. The van der Waals surface area contributed by atoms with E-state index >= 15 is 0 Å². The fourth-order valence-electron chi connectivity index (χ4n) is 3.74. The van der Waals surface area contributed by atoms with E-state index in [-0.39, 0.29) is 6.09 Å². The molecule has 2 aromatic rings. The highest BCUT2D eigenvalue weighted by atomic mass is 16.6. The first kappa shape index (κ1) is 19.4. The Hall–Kier alpha value is -2.33. The Morgan fingerprint density at radius 2 is 1.67 bits per heavy atom. The van der Waals surface area contributed by atoms with Crippen LogP contribution < -0.4 is 5.32 Å². The predicted molar refractivity (Wildman–Crippen MR) is 109 cm³/mol. The number of rotatable bonds is 5. The van der Waals surface area contributed by atoms with Gasteiger partial charge in [0.1, 0.15) is 5.60 Å². The zero-order valence-electron chi connectivity index (χ0n) is 16.5. The number of amides is 1. The maximum absolute atomic E-state index is 12.1. The van der Waals surface area contributed by atoms with E-state index in [4.69, 9.17) is 4.74 Å². The molecule has 27 heavy (non-hydrogen) atoms. The molecule has 1 heterocycles. The van der Waals surface area contributed by atoms with Crippen LogP contribution in [-0.4, -0.2) is 36.2 Å². The third kappa shape index (κ3) is 5.83. The second-order valence-electron chi connectivity index (χ2n) is 8.34. The molecule has 0 spiro atoms. The first-order chi connectivity index (χ1) is 12.9. The van der Waals surface area contributed by atoms with Crippen molar-refractivity contribution in [2.45, 2.75) is 38.8 Å². The van der Waals surface area contributed by atoms with Crippen LogP contribution in [-0.2, 0) is 11.3 Å². The summed E-state index contributed by atoms with van der Waals surface area (Å²) in [6.45, 7) is 9.18. The van der Waals surface area contributed by atoms with E-state index in [1.807, 2.05) is 32.9 Å². The van der Waals surface area contributed by atoms with E-state index in [0.29, 0.717) is 18.4 Å². The summed E-state index contributed by atoms with van der Waals surface area (Å²) in [7, 11) is 0. The van der Waals surface area contributed by atoms with Gasteiger partial charge in [0.05, 0.1) is 0 Å². The first-order valence-electron chi connectivity index (χ1n) is 9.69. The Kier molecular flexibility index (Phi) is 6.17. The van der Waals surface area contributed by atoms with Gasteiger partial charge in [-0.15, -0.1) is 0 Å². The lowest BCUT2D eigenvalue weighted by atomic mass is 9.89. The molecule has 2 atom stereocenters. The zero-order chi connectivity index (χ0) is 19.3. The second kappa shape index (κ2) is 8.57. The fourth-order valence-corrected chi connectivity index (χ4v) is 3.74. The Bertz CT molecular complexity index is 725. The maximum Gasteiger partial charge on any atom is 0.407 e. The van der Waals surface area contributed by atoms with Crippen molar-refractivity contribution in [2.24, 2.45) is 5.92 Å². The average Bonchev–Trinajstić information content (AvgIpc) is 3.03. The van der Waals surface area contributed by atoms with Crippen molar-refractivity contribution in [3.63, 3.8) is 0 Å². The number of nitrogens with zero attached hydrogens (tertiary/aromatic N) is 1. The van der Waals surface area contributed by atoms with E-state index in [1.54, 1.807) is 0 Å². The minimum atomic E-state index is -0.474. The highest BCUT2D eigenvalue weighted by Crippen LogP contribution is 2.33. The molecular formula is C23H30N2O2. The van der Waals surface area contributed by atoms with Crippen LogP contribution in [0, 0.1) is 5.92 Å². The summed E-state index contributed by atoms with van der Waals surface area (Å²) >= 11 is 0. The molecule has 1 N–H and O–H groups in total. The van der Waals surface area contributed by atoms with Crippen LogP contribution in [0.5, 0.6) is 0 Å². The van der Waals surface area contributed by atoms with Crippen LogP contribution in [0.2, 0.25) is 0 Å². The van der Waals surface area contributed by atoms with Crippen LogP contribution in [0.15, 0.2) is 60.7 Å². The van der Waals surface area contributed by atoms with Crippen LogP contribution in [0.3, 0.4) is 0 Å². The second-order valence-corrected chi connectivity index (χ2v) is 8.34. The van der Waals surface area contributed by atoms with Gasteiger partial charge in [0.15, 0.2) is 0 Å². The van der Waals surface area contributed by atoms with E-state index < -0.39 is 5.60 Å². The molecule has 4 heteroatoms. The van der Waals surface area contributed by atoms with Crippen molar-refractivity contribution in [3.05, 3.63) is 71.8 Å². The number of likely N-dealkylation sites (tertiary alicyclic amines) is 1. The molecule has 0 radical (unpaired) electrons. The number of hydrogen-bond acceptors (Lipinski definition) is 3. The number of benzene rings is 2. The average molecular weight is 367 g/mol. The molecule has 0 bridgehead atoms. The standard InChI is InChI=1S/C23H30N2O2/c1-23(2,3)27-22(26)24-14-20-16-25(15-18-10-6-4-7-11-18)17-21(20)19-12-8-5-9-13-19/h4-13,20-21H,14-17H2,1-3H3,(H,24,26). The summed E-state index contributed by atoms with van der Waals surface area (Å²) in [5, 5.41) is 2.98. The molecule has 1 amide bonds. The number of carbonyl (C=O) groups excluding carboxylic acids is 1. The molecule has 0 aliphatic carbocycles. The smallest absolute Gasteiger partial charge is 0.407 e. The number of nitrogens with one attached hydrogen (secondary N) is 1. The van der Waals surface area contributed by atoms with Gasteiger partial charge in [-0.3, -0.25) is 4.90 Å². The van der Waals surface area contributed by atoms with E-state index in [9.17, 15) is 4.79 Å². The summed E-state index contributed by atoms with van der Waals surface area (Å²) < 4.78 is 5.40. The minimum Gasteiger partial charge on any atom is -0.444 e. The van der Waals surface area contributed by atoms with Gasteiger partial charge in [0, 0.05) is 32.1 Å². The molecule has 0 saturated carbocycles. The summed E-state index contributed by atoms with van der Waals surface area (Å²) in [5.41, 5.74) is 2.19. The molecular weight excluding hydrogens is 336 g/mol. The number of ether oxygens (including phenoxy) is 1. The third-order valence-electron chi connectivity index (χ3n) is 4.90. The van der Waals surface area contributed by atoms with Gasteiger partial charge in [-0.2, -0.15) is 0 Å². The molecule has 0 aromatic heterocycles. The van der Waals surface area contributed by atoms with Crippen LogP contribution in [0.1, 0.15) is 37.8 Å². The van der Waals surface area contributed by atoms with Crippen molar-refractivity contribution >= 4 is 6.09 Å². The summed E-state index contributed by atoms with van der Waals surface area (Å²) in [5.74, 6) is 0.772. The van der Waals surface area contributed by atoms with Crippen molar-refractivity contribution < 1.29 is 9.53 Å². The molecule has 1 fully saturated rings. The molecule has 2 unspecified atom stereocenters. The SMILES string of the molecule is CC(C)(C)OC(=O)NCC1CN(Cc2ccccc2)CC1c1ccccc1. The first-order valence-corrected chi connectivity index (χ1v) is 9.69. The lowest BCUT2D eigenvalue weighted by molar-refractivity contribution is 0.0518. The third-order valence-corrected chi connectivity index (χ3v) is 4.90. The molecule has 1 aliphatic rings. The maximum atomic E-state index is 12.1. The topological polar surface area (TPSA) is 41.6 Å². The highest BCUT2D eigenvalue weighted by molar-refractivity contribution is 5.67. The Morgan fingerprint density at radius 3 is 2.30 bits per heavy atom. The number of hydrogen-bond donors (Lipinski definition) is 1. The lowest BCUT2D eigenvalue weighted by Gasteiger charge is -2.22. The largest absolute Gasteiger partial charge is 0.444 e. The minimum absolute atomic E-state index is 0.337. The Balaban J connectivity index is 1.66. The van der Waals surface area contributed by atoms with Crippen molar-refractivity contribution in [1.82, 2.24) is 10.2 Å². The van der Waals surface area contributed by atoms with E-state index in [2.05, 4.69) is 58.7 Å². The van der Waals surface area contributed by atoms with Crippen LogP contribution >= 0.6 is 0 Å². The van der Waals surface area contributed by atoms with Crippen LogP contribution in [0.25, 0.3) is 0 Å². The predicted octanol–water partition coefficient (Wildman–Crippen LogP) is 4.43. The van der Waals surface area contributed by atoms with E-state index in [1.165, 1.54) is 11.1 Å². The van der Waals surface area contributed by atoms with E-state index in [0.717, 1.165) is 19.6 Å². The van der Waals surface area contributed by atoms with Gasteiger partial charge in [0.25, 0.3) is 0 Å². The molecule has 144 valence electrons. The van der Waals surface area contributed by atoms with Crippen LogP contribution in [0.4, 0.5) is 4.79 Å². The molecule has 1 aliphatic heterocycles.